The molecule has 0 aromatic rings. The van der Waals surface area contributed by atoms with Crippen LogP contribution in [0, 0.1) is 12.3 Å². The largest absolute Gasteiger partial charge is 0.309 e. The summed E-state index contributed by atoms with van der Waals surface area (Å²) in [5, 5.41) is 0. The third-order valence-electron chi connectivity index (χ3n) is 0.926. The summed E-state index contributed by atoms with van der Waals surface area (Å²) in [4.78, 5) is 2.14. The van der Waals surface area contributed by atoms with Crippen LogP contribution in [0.15, 0.2) is 0 Å². The van der Waals surface area contributed by atoms with Gasteiger partial charge in [0.2, 0.25) is 0 Å². The summed E-state index contributed by atoms with van der Waals surface area (Å²) in [6, 6.07) is 0. The van der Waals surface area contributed by atoms with Gasteiger partial charge in [0.05, 0.1) is 0 Å². The van der Waals surface area contributed by atoms with Gasteiger partial charge in [-0.15, -0.1) is 12.3 Å². The lowest BCUT2D eigenvalue weighted by molar-refractivity contribution is 0.403. The molecule has 8 heavy (non-hydrogen) atoms. The first kappa shape index (κ1) is 7.52. The van der Waals surface area contributed by atoms with E-state index in [1.54, 1.807) is 0 Å². The molecular weight excluding hydrogens is 98.1 g/mol. The summed E-state index contributed by atoms with van der Waals surface area (Å²) in [6.07, 6.45) is 7.06. The second kappa shape index (κ2) is 4.67. The van der Waals surface area contributed by atoms with Crippen molar-refractivity contribution in [3.8, 4) is 12.3 Å². The highest BCUT2D eigenvalue weighted by atomic mass is 15.0. The Morgan fingerprint density at radius 1 is 1.50 bits per heavy atom. The second-order valence-corrected chi connectivity index (χ2v) is 2.11. The number of hydrogen-bond donors (Lipinski definition) is 0. The topological polar surface area (TPSA) is 3.24 Å². The highest BCUT2D eigenvalue weighted by Crippen LogP contribution is 1.86. The lowest BCUT2D eigenvalue weighted by Gasteiger charge is -2.05. The van der Waals surface area contributed by atoms with Gasteiger partial charge in [-0.2, -0.15) is 0 Å². The van der Waals surface area contributed by atoms with Crippen molar-refractivity contribution in [1.29, 1.82) is 0 Å². The minimum absolute atomic E-state index is 0.901. The van der Waals surface area contributed by atoms with E-state index in [1.165, 1.54) is 0 Å². The van der Waals surface area contributed by atoms with Crippen LogP contribution in [0.4, 0.5) is 0 Å². The molecule has 0 N–H and O–H groups in total. The van der Waals surface area contributed by atoms with E-state index in [1.807, 2.05) is 0 Å². The van der Waals surface area contributed by atoms with Gasteiger partial charge in [0, 0.05) is 6.42 Å². The molecule has 0 saturated carbocycles. The van der Waals surface area contributed by atoms with E-state index in [9.17, 15) is 0 Å². The van der Waals surface area contributed by atoms with Gasteiger partial charge in [-0.1, -0.05) is 0 Å². The van der Waals surface area contributed by atoms with E-state index in [0.29, 0.717) is 0 Å². The van der Waals surface area contributed by atoms with E-state index >= 15 is 0 Å². The van der Waals surface area contributed by atoms with Crippen LogP contribution in [0.5, 0.6) is 0 Å². The maximum Gasteiger partial charge on any atom is 0.00982 e. The van der Waals surface area contributed by atoms with Gasteiger partial charge in [-0.25, -0.2) is 0 Å². The van der Waals surface area contributed by atoms with E-state index < -0.39 is 0 Å². The molecule has 0 aliphatic carbocycles. The Morgan fingerprint density at radius 3 is 2.50 bits per heavy atom. The predicted octanol–water partition coefficient (Wildman–Crippen LogP) is 0.961. The van der Waals surface area contributed by atoms with Gasteiger partial charge in [0.15, 0.2) is 0 Å². The van der Waals surface area contributed by atoms with Crippen molar-refractivity contribution >= 4 is 0 Å². The fourth-order valence-electron chi connectivity index (χ4n) is 0.497. The van der Waals surface area contributed by atoms with E-state index in [0.717, 1.165) is 19.4 Å². The molecular formula is C7H13N. The maximum atomic E-state index is 5.05. The van der Waals surface area contributed by atoms with Crippen LogP contribution in [0.2, 0.25) is 0 Å². The van der Waals surface area contributed by atoms with E-state index in [-0.39, 0.29) is 0 Å². The monoisotopic (exact) mass is 111 g/mol. The maximum absolute atomic E-state index is 5.05. The van der Waals surface area contributed by atoms with Crippen LogP contribution in [0.1, 0.15) is 12.8 Å². The molecule has 0 aromatic heterocycles. The van der Waals surface area contributed by atoms with Crippen LogP contribution in [0.25, 0.3) is 0 Å². The quantitative estimate of drug-likeness (QED) is 0.387. The molecule has 1 nitrogen and oxygen atoms in total. The summed E-state index contributed by atoms with van der Waals surface area (Å²) in [7, 11) is 4.10. The average Bonchev–Trinajstić information content (AvgIpc) is 1.66. The number of rotatable bonds is 3. The Labute approximate surface area is 51.7 Å². The van der Waals surface area contributed by atoms with Gasteiger partial charge < -0.3 is 4.90 Å². The molecule has 0 amide bonds. The van der Waals surface area contributed by atoms with Gasteiger partial charge >= 0.3 is 0 Å². The lowest BCUT2D eigenvalue weighted by Crippen LogP contribution is -2.12. The minimum atomic E-state index is 0.901. The van der Waals surface area contributed by atoms with Gasteiger partial charge in [-0.3, -0.25) is 0 Å². The highest BCUT2D eigenvalue weighted by molar-refractivity contribution is 4.83. The standard InChI is InChI=1S/C7H13N/c1-4-5-6-7-8(2)3/h1H,5-7H2,2-3H3. The molecule has 0 aliphatic heterocycles. The van der Waals surface area contributed by atoms with E-state index in [4.69, 9.17) is 6.42 Å². The predicted molar refractivity (Wildman–Crippen MR) is 36.6 cm³/mol. The number of terminal acetylenes is 1. The molecule has 0 aliphatic rings. The summed E-state index contributed by atoms with van der Waals surface area (Å²) >= 11 is 0. The zero-order valence-electron chi connectivity index (χ0n) is 5.65. The fourth-order valence-corrected chi connectivity index (χ4v) is 0.497. The molecule has 0 unspecified atom stereocenters. The normalized spacial score (nSPS) is 9.25. The van der Waals surface area contributed by atoms with Gasteiger partial charge in [0.25, 0.3) is 0 Å². The SMILES string of the molecule is C#CCCCN(C)C. The van der Waals surface area contributed by atoms with Crippen LogP contribution in [-0.4, -0.2) is 25.5 Å². The first-order valence-electron chi connectivity index (χ1n) is 2.85. The minimum Gasteiger partial charge on any atom is -0.309 e. The molecule has 0 saturated heterocycles. The highest BCUT2D eigenvalue weighted by Gasteiger charge is 1.85. The average molecular weight is 111 g/mol. The summed E-state index contributed by atoms with van der Waals surface area (Å²) in [5.74, 6) is 2.60. The van der Waals surface area contributed by atoms with Crippen molar-refractivity contribution in [1.82, 2.24) is 4.90 Å². The third kappa shape index (κ3) is 5.52. The summed E-state index contributed by atoms with van der Waals surface area (Å²) in [5.41, 5.74) is 0. The van der Waals surface area contributed by atoms with Crippen molar-refractivity contribution in [2.45, 2.75) is 12.8 Å². The second-order valence-electron chi connectivity index (χ2n) is 2.11. The van der Waals surface area contributed by atoms with Crippen LogP contribution in [0.3, 0.4) is 0 Å². The van der Waals surface area contributed by atoms with E-state index in [2.05, 4.69) is 24.9 Å². The smallest absolute Gasteiger partial charge is 0.00982 e. The number of nitrogens with zero attached hydrogens (tertiary/aromatic N) is 1. The zero-order chi connectivity index (χ0) is 6.41. The Morgan fingerprint density at radius 2 is 2.12 bits per heavy atom. The van der Waals surface area contributed by atoms with Crippen LogP contribution in [-0.2, 0) is 0 Å². The molecule has 46 valence electrons. The molecule has 0 fully saturated rings. The summed E-state index contributed by atoms with van der Waals surface area (Å²) in [6.45, 7) is 1.10. The molecule has 0 heterocycles. The van der Waals surface area contributed by atoms with Crippen molar-refractivity contribution in [3.63, 3.8) is 0 Å². The van der Waals surface area contributed by atoms with Crippen molar-refractivity contribution < 1.29 is 0 Å². The lowest BCUT2D eigenvalue weighted by atomic mass is 10.3. The molecule has 0 spiro atoms. The van der Waals surface area contributed by atoms with Crippen molar-refractivity contribution in [3.05, 3.63) is 0 Å². The Balaban J connectivity index is 2.85. The zero-order valence-corrected chi connectivity index (χ0v) is 5.65. The Bertz CT molecular complexity index is 78.9. The molecule has 0 atom stereocenters. The fraction of sp³-hybridized carbons (Fsp3) is 0.714. The number of hydrogen-bond acceptors (Lipinski definition) is 1. The van der Waals surface area contributed by atoms with Crippen LogP contribution < -0.4 is 0 Å². The molecule has 0 bridgehead atoms. The Hall–Kier alpha value is -0.480. The van der Waals surface area contributed by atoms with Crippen LogP contribution >= 0.6 is 0 Å². The molecule has 0 radical (unpaired) electrons. The van der Waals surface area contributed by atoms with Crippen molar-refractivity contribution in [2.24, 2.45) is 0 Å². The molecule has 0 aromatic carbocycles. The van der Waals surface area contributed by atoms with Crippen molar-refractivity contribution in [2.75, 3.05) is 20.6 Å². The first-order chi connectivity index (χ1) is 3.77. The number of unbranched alkanes of at least 4 members (excludes halogenated alkanes) is 1. The van der Waals surface area contributed by atoms with Gasteiger partial charge in [-0.05, 0) is 27.1 Å². The summed E-state index contributed by atoms with van der Waals surface area (Å²) < 4.78 is 0. The Kier molecular flexibility index (Phi) is 4.39. The van der Waals surface area contributed by atoms with Gasteiger partial charge in [0.1, 0.15) is 0 Å². The molecule has 0 rings (SSSR count). The molecule has 1 heteroatoms. The first-order valence-corrected chi connectivity index (χ1v) is 2.85. The third-order valence-corrected chi connectivity index (χ3v) is 0.926.